The van der Waals surface area contributed by atoms with Crippen LogP contribution in [-0.4, -0.2) is 48.0 Å². The summed E-state index contributed by atoms with van der Waals surface area (Å²) in [6, 6.07) is 15.7. The van der Waals surface area contributed by atoms with E-state index in [1.165, 1.54) is 4.90 Å². The Morgan fingerprint density at radius 1 is 1.08 bits per heavy atom. The van der Waals surface area contributed by atoms with Gasteiger partial charge in [-0.3, -0.25) is 9.59 Å². The zero-order valence-corrected chi connectivity index (χ0v) is 14.9. The lowest BCUT2D eigenvalue weighted by Crippen LogP contribution is -2.47. The number of likely N-dealkylation sites (N-methyl/N-ethyl adjacent to an activating group) is 1. The van der Waals surface area contributed by atoms with Crippen molar-refractivity contribution >= 4 is 11.8 Å². The molecule has 0 saturated heterocycles. The van der Waals surface area contributed by atoms with Crippen molar-refractivity contribution in [3.8, 4) is 5.75 Å². The predicted octanol–water partition coefficient (Wildman–Crippen LogP) is 1.08. The van der Waals surface area contributed by atoms with E-state index in [0.717, 1.165) is 11.1 Å². The molecule has 2 aromatic rings. The van der Waals surface area contributed by atoms with E-state index in [-0.39, 0.29) is 24.1 Å². The summed E-state index contributed by atoms with van der Waals surface area (Å²) >= 11 is 0. The highest BCUT2D eigenvalue weighted by Gasteiger charge is 2.20. The fourth-order valence-corrected chi connectivity index (χ4v) is 2.60. The molecule has 138 valence electrons. The van der Waals surface area contributed by atoms with Gasteiger partial charge in [0.25, 0.3) is 0 Å². The minimum absolute atomic E-state index is 0.0309. The average Bonchev–Trinajstić information content (AvgIpc) is 2.63. The molecule has 4 N–H and O–H groups in total. The molecular weight excluding hydrogens is 330 g/mol. The molecule has 6 nitrogen and oxygen atoms in total. The van der Waals surface area contributed by atoms with Crippen molar-refractivity contribution in [1.82, 2.24) is 10.2 Å². The van der Waals surface area contributed by atoms with Crippen LogP contribution in [0.1, 0.15) is 11.1 Å². The van der Waals surface area contributed by atoms with E-state index in [0.29, 0.717) is 19.4 Å². The molecule has 0 unspecified atom stereocenters. The van der Waals surface area contributed by atoms with Gasteiger partial charge in [-0.15, -0.1) is 0 Å². The molecule has 2 aromatic carbocycles. The third-order valence-corrected chi connectivity index (χ3v) is 4.04. The van der Waals surface area contributed by atoms with Crippen molar-refractivity contribution in [2.24, 2.45) is 5.73 Å². The van der Waals surface area contributed by atoms with E-state index in [9.17, 15) is 14.7 Å². The number of carbonyl (C=O) groups is 2. The minimum atomic E-state index is -0.674. The normalized spacial score (nSPS) is 11.6. The summed E-state index contributed by atoms with van der Waals surface area (Å²) < 4.78 is 0. The van der Waals surface area contributed by atoms with Gasteiger partial charge in [0, 0.05) is 13.6 Å². The van der Waals surface area contributed by atoms with E-state index in [4.69, 9.17) is 5.73 Å². The highest BCUT2D eigenvalue weighted by Crippen LogP contribution is 2.09. The zero-order chi connectivity index (χ0) is 18.9. The van der Waals surface area contributed by atoms with E-state index in [1.807, 2.05) is 30.3 Å². The smallest absolute Gasteiger partial charge is 0.240 e. The highest BCUT2D eigenvalue weighted by atomic mass is 16.3. The number of carbonyl (C=O) groups excluding carboxylic acids is 2. The molecule has 0 bridgehead atoms. The number of aromatic hydroxyl groups is 1. The van der Waals surface area contributed by atoms with Crippen LogP contribution in [0.4, 0.5) is 0 Å². The standard InChI is InChI=1S/C20H25N3O3/c1-23(20(26)18(21)13-16-5-3-2-4-6-16)14-19(25)22-12-11-15-7-9-17(24)10-8-15/h2-10,18,24H,11-14,21H2,1H3,(H,22,25)/t18-/m0/s1. The molecule has 0 aliphatic carbocycles. The number of hydrogen-bond acceptors (Lipinski definition) is 4. The van der Waals surface area contributed by atoms with Crippen molar-refractivity contribution in [1.29, 1.82) is 0 Å². The number of nitrogens with two attached hydrogens (primary N) is 1. The van der Waals surface area contributed by atoms with Crippen molar-refractivity contribution in [3.05, 3.63) is 65.7 Å². The van der Waals surface area contributed by atoms with Gasteiger partial charge >= 0.3 is 0 Å². The third-order valence-electron chi connectivity index (χ3n) is 4.04. The molecule has 1 atom stereocenters. The Kier molecular flexibility index (Phi) is 7.17. The maximum absolute atomic E-state index is 12.3. The second-order valence-corrected chi connectivity index (χ2v) is 6.26. The lowest BCUT2D eigenvalue weighted by Gasteiger charge is -2.21. The van der Waals surface area contributed by atoms with Gasteiger partial charge in [-0.2, -0.15) is 0 Å². The van der Waals surface area contributed by atoms with Crippen LogP contribution < -0.4 is 11.1 Å². The maximum atomic E-state index is 12.3. The Labute approximate surface area is 153 Å². The van der Waals surface area contributed by atoms with Crippen molar-refractivity contribution in [3.63, 3.8) is 0 Å². The highest BCUT2D eigenvalue weighted by molar-refractivity contribution is 5.87. The SMILES string of the molecule is CN(CC(=O)NCCc1ccc(O)cc1)C(=O)[C@@H](N)Cc1ccccc1. The molecule has 0 aromatic heterocycles. The summed E-state index contributed by atoms with van der Waals surface area (Å²) in [5.41, 5.74) is 7.97. The van der Waals surface area contributed by atoms with Gasteiger partial charge in [-0.25, -0.2) is 0 Å². The molecule has 0 aliphatic heterocycles. The summed E-state index contributed by atoms with van der Waals surface area (Å²) in [5, 5.41) is 12.0. The van der Waals surface area contributed by atoms with Crippen LogP contribution in [0.15, 0.2) is 54.6 Å². The Hall–Kier alpha value is -2.86. The number of nitrogens with zero attached hydrogens (tertiary/aromatic N) is 1. The first-order valence-electron chi connectivity index (χ1n) is 8.55. The first-order chi connectivity index (χ1) is 12.5. The van der Waals surface area contributed by atoms with Gasteiger partial charge in [-0.05, 0) is 36.1 Å². The molecule has 6 heteroatoms. The number of benzene rings is 2. The van der Waals surface area contributed by atoms with Gasteiger partial charge in [0.1, 0.15) is 5.75 Å². The summed E-state index contributed by atoms with van der Waals surface area (Å²) in [6.45, 7) is 0.429. The topological polar surface area (TPSA) is 95.7 Å². The summed E-state index contributed by atoms with van der Waals surface area (Å²) in [7, 11) is 1.58. The van der Waals surface area contributed by atoms with E-state index in [1.54, 1.807) is 31.3 Å². The monoisotopic (exact) mass is 355 g/mol. The minimum Gasteiger partial charge on any atom is -0.508 e. The second-order valence-electron chi connectivity index (χ2n) is 6.26. The Balaban J connectivity index is 1.73. The van der Waals surface area contributed by atoms with Gasteiger partial charge in [0.2, 0.25) is 11.8 Å². The maximum Gasteiger partial charge on any atom is 0.240 e. The van der Waals surface area contributed by atoms with Crippen LogP contribution in [0.3, 0.4) is 0 Å². The summed E-state index contributed by atoms with van der Waals surface area (Å²) in [6.07, 6.45) is 1.09. The molecule has 0 spiro atoms. The van der Waals surface area contributed by atoms with Crippen LogP contribution in [0.5, 0.6) is 5.75 Å². The Bertz CT molecular complexity index is 717. The van der Waals surface area contributed by atoms with E-state index >= 15 is 0 Å². The van der Waals surface area contributed by atoms with Gasteiger partial charge in [0.15, 0.2) is 0 Å². The molecular formula is C20H25N3O3. The first kappa shape index (κ1) is 19.5. The summed E-state index contributed by atoms with van der Waals surface area (Å²) in [4.78, 5) is 25.7. The van der Waals surface area contributed by atoms with Gasteiger partial charge < -0.3 is 21.1 Å². The third kappa shape index (κ3) is 6.22. The van der Waals surface area contributed by atoms with Gasteiger partial charge in [-0.1, -0.05) is 42.5 Å². The van der Waals surface area contributed by atoms with Crippen molar-refractivity contribution < 1.29 is 14.7 Å². The van der Waals surface area contributed by atoms with Crippen LogP contribution >= 0.6 is 0 Å². The largest absolute Gasteiger partial charge is 0.508 e. The number of rotatable bonds is 8. The fraction of sp³-hybridized carbons (Fsp3) is 0.300. The molecule has 0 fully saturated rings. The molecule has 2 amide bonds. The molecule has 0 saturated carbocycles. The van der Waals surface area contributed by atoms with Gasteiger partial charge in [0.05, 0.1) is 12.6 Å². The lowest BCUT2D eigenvalue weighted by molar-refractivity contribution is -0.135. The number of amides is 2. The number of phenols is 1. The Morgan fingerprint density at radius 3 is 2.38 bits per heavy atom. The Morgan fingerprint density at radius 2 is 1.73 bits per heavy atom. The molecule has 0 aliphatic rings. The quantitative estimate of drug-likeness (QED) is 0.660. The molecule has 26 heavy (non-hydrogen) atoms. The van der Waals surface area contributed by atoms with Crippen LogP contribution in [0.25, 0.3) is 0 Å². The van der Waals surface area contributed by atoms with E-state index in [2.05, 4.69) is 5.32 Å². The van der Waals surface area contributed by atoms with Crippen LogP contribution in [0, 0.1) is 0 Å². The van der Waals surface area contributed by atoms with E-state index < -0.39 is 6.04 Å². The number of nitrogens with one attached hydrogen (secondary N) is 1. The second kappa shape index (κ2) is 9.58. The molecule has 0 heterocycles. The first-order valence-corrected chi connectivity index (χ1v) is 8.55. The molecule has 2 rings (SSSR count). The fourth-order valence-electron chi connectivity index (χ4n) is 2.60. The number of phenolic OH excluding ortho intramolecular Hbond substituents is 1. The number of hydrogen-bond donors (Lipinski definition) is 3. The summed E-state index contributed by atoms with van der Waals surface area (Å²) in [5.74, 6) is -0.279. The predicted molar refractivity (Wildman–Crippen MR) is 101 cm³/mol. The lowest BCUT2D eigenvalue weighted by atomic mass is 10.1. The average molecular weight is 355 g/mol. The zero-order valence-electron chi connectivity index (χ0n) is 14.9. The van der Waals surface area contributed by atoms with Crippen LogP contribution in [0.2, 0.25) is 0 Å². The van der Waals surface area contributed by atoms with Crippen LogP contribution in [-0.2, 0) is 22.4 Å². The molecule has 0 radical (unpaired) electrons. The van der Waals surface area contributed by atoms with Crippen molar-refractivity contribution in [2.75, 3.05) is 20.1 Å². The van der Waals surface area contributed by atoms with Crippen molar-refractivity contribution in [2.45, 2.75) is 18.9 Å².